The van der Waals surface area contributed by atoms with Gasteiger partial charge in [0.05, 0.1) is 22.6 Å². The van der Waals surface area contributed by atoms with E-state index in [9.17, 15) is 14.4 Å². The van der Waals surface area contributed by atoms with E-state index < -0.39 is 11.7 Å². The third kappa shape index (κ3) is 2.26. The van der Waals surface area contributed by atoms with Gasteiger partial charge in [0.1, 0.15) is 5.82 Å². The molecule has 1 aromatic rings. The van der Waals surface area contributed by atoms with Crippen LogP contribution < -0.4 is 10.6 Å². The molecule has 0 aromatic heterocycles. The summed E-state index contributed by atoms with van der Waals surface area (Å²) in [5.74, 6) is -1.26. The second-order valence-corrected chi connectivity index (χ2v) is 5.69. The maximum Gasteiger partial charge on any atom is 0.249 e. The molecule has 1 aromatic carbocycles. The highest BCUT2D eigenvalue weighted by atomic mass is 35.5. The second kappa shape index (κ2) is 5.47. The molecule has 6 heteroatoms. The molecule has 2 aliphatic rings. The fourth-order valence-electron chi connectivity index (χ4n) is 2.93. The summed E-state index contributed by atoms with van der Waals surface area (Å²) in [5.41, 5.74) is 3.11. The van der Waals surface area contributed by atoms with Crippen LogP contribution in [0, 0.1) is 17.1 Å². The molecule has 1 unspecified atom stereocenters. The van der Waals surface area contributed by atoms with Gasteiger partial charge in [0, 0.05) is 29.9 Å². The largest absolute Gasteiger partial charge is 0.361 e. The van der Waals surface area contributed by atoms with Crippen LogP contribution in [-0.4, -0.2) is 12.5 Å². The third-order valence-corrected chi connectivity index (χ3v) is 4.24. The van der Waals surface area contributed by atoms with Crippen molar-refractivity contribution >= 4 is 17.5 Å². The molecular formula is C16H13ClFN3O. The Balaban J connectivity index is 2.20. The zero-order valence-electron chi connectivity index (χ0n) is 11.8. The number of hydrogen-bond donors (Lipinski definition) is 2. The molecule has 1 atom stereocenters. The van der Waals surface area contributed by atoms with Gasteiger partial charge >= 0.3 is 0 Å². The summed E-state index contributed by atoms with van der Waals surface area (Å²) >= 11 is 5.87. The number of nitrogens with one attached hydrogen (secondary N) is 2. The maximum atomic E-state index is 13.4. The van der Waals surface area contributed by atoms with Crippen molar-refractivity contribution in [1.29, 1.82) is 5.26 Å². The van der Waals surface area contributed by atoms with Gasteiger partial charge in [-0.2, -0.15) is 5.26 Å². The van der Waals surface area contributed by atoms with E-state index in [2.05, 4.69) is 16.7 Å². The number of dihydropyridines is 1. The first-order chi connectivity index (χ1) is 10.5. The third-order valence-electron chi connectivity index (χ3n) is 3.95. The van der Waals surface area contributed by atoms with Crippen LogP contribution in [0.3, 0.4) is 0 Å². The summed E-state index contributed by atoms with van der Waals surface area (Å²) < 4.78 is 13.4. The van der Waals surface area contributed by atoms with Crippen molar-refractivity contribution in [3.05, 3.63) is 57.1 Å². The minimum Gasteiger partial charge on any atom is -0.361 e. The second-order valence-electron chi connectivity index (χ2n) is 5.28. The molecule has 3 rings (SSSR count). The SMILES string of the molecule is CC1=C(C#N)C(c2ccc(F)c(Cl)c2)C2=C(CCNC2=O)N1. The predicted molar refractivity (Wildman–Crippen MR) is 80.3 cm³/mol. The standard InChI is InChI=1S/C16H13ClFN3O/c1-8-10(7-19)14(9-2-3-12(18)11(17)6-9)15-13(21-8)4-5-20-16(15)22/h2-3,6,14,21H,4-5H2,1H3,(H,20,22). The predicted octanol–water partition coefficient (Wildman–Crippen LogP) is 2.74. The first-order valence-corrected chi connectivity index (χ1v) is 7.24. The van der Waals surface area contributed by atoms with E-state index in [-0.39, 0.29) is 10.9 Å². The number of rotatable bonds is 1. The Kier molecular flexibility index (Phi) is 3.63. The van der Waals surface area contributed by atoms with Gasteiger partial charge < -0.3 is 10.6 Å². The van der Waals surface area contributed by atoms with Crippen LogP contribution in [0.5, 0.6) is 0 Å². The van der Waals surface area contributed by atoms with Crippen molar-refractivity contribution in [3.63, 3.8) is 0 Å². The van der Waals surface area contributed by atoms with Crippen molar-refractivity contribution in [2.75, 3.05) is 6.54 Å². The summed E-state index contributed by atoms with van der Waals surface area (Å²) in [4.78, 5) is 12.3. The van der Waals surface area contributed by atoms with Gasteiger partial charge in [-0.05, 0) is 24.6 Å². The number of hydrogen-bond acceptors (Lipinski definition) is 3. The van der Waals surface area contributed by atoms with Crippen molar-refractivity contribution in [2.45, 2.75) is 19.3 Å². The molecule has 2 aliphatic heterocycles. The van der Waals surface area contributed by atoms with E-state index in [4.69, 9.17) is 11.6 Å². The van der Waals surface area contributed by atoms with Crippen LogP contribution in [0.15, 0.2) is 40.7 Å². The Labute approximate surface area is 132 Å². The Bertz CT molecular complexity index is 776. The lowest BCUT2D eigenvalue weighted by molar-refractivity contribution is -0.118. The average molecular weight is 318 g/mol. The van der Waals surface area contributed by atoms with E-state index in [1.165, 1.54) is 12.1 Å². The van der Waals surface area contributed by atoms with Gasteiger partial charge in [0.15, 0.2) is 0 Å². The monoisotopic (exact) mass is 317 g/mol. The van der Waals surface area contributed by atoms with Crippen LogP contribution in [0.25, 0.3) is 0 Å². The Morgan fingerprint density at radius 1 is 1.45 bits per heavy atom. The zero-order chi connectivity index (χ0) is 15.9. The number of halogens is 2. The molecular weight excluding hydrogens is 305 g/mol. The number of nitrogens with zero attached hydrogens (tertiary/aromatic N) is 1. The highest BCUT2D eigenvalue weighted by Crippen LogP contribution is 2.40. The normalized spacial score (nSPS) is 21.0. The molecule has 1 amide bonds. The first-order valence-electron chi connectivity index (χ1n) is 6.87. The summed E-state index contributed by atoms with van der Waals surface area (Å²) in [7, 11) is 0. The van der Waals surface area contributed by atoms with Gasteiger partial charge in [-0.15, -0.1) is 0 Å². The zero-order valence-corrected chi connectivity index (χ0v) is 12.6. The van der Waals surface area contributed by atoms with Crippen molar-refractivity contribution in [3.8, 4) is 6.07 Å². The van der Waals surface area contributed by atoms with E-state index >= 15 is 0 Å². The minimum absolute atomic E-state index is 0.0238. The van der Waals surface area contributed by atoms with E-state index in [0.717, 1.165) is 5.70 Å². The van der Waals surface area contributed by atoms with Gasteiger partial charge in [-0.3, -0.25) is 4.79 Å². The minimum atomic E-state index is -0.528. The number of nitriles is 1. The summed E-state index contributed by atoms with van der Waals surface area (Å²) in [6.07, 6.45) is 0.669. The smallest absolute Gasteiger partial charge is 0.249 e. The highest BCUT2D eigenvalue weighted by molar-refractivity contribution is 6.30. The fraction of sp³-hybridized carbons (Fsp3) is 0.250. The first kappa shape index (κ1) is 14.6. The van der Waals surface area contributed by atoms with Crippen LogP contribution in [0.4, 0.5) is 4.39 Å². The molecule has 2 N–H and O–H groups in total. The van der Waals surface area contributed by atoms with Crippen LogP contribution in [-0.2, 0) is 4.79 Å². The molecule has 0 spiro atoms. The van der Waals surface area contributed by atoms with Crippen molar-refractivity contribution in [1.82, 2.24) is 10.6 Å². The summed E-state index contributed by atoms with van der Waals surface area (Å²) in [5, 5.41) is 15.4. The molecule has 0 saturated carbocycles. The topological polar surface area (TPSA) is 64.9 Å². The van der Waals surface area contributed by atoms with Crippen LogP contribution in [0.1, 0.15) is 24.8 Å². The van der Waals surface area contributed by atoms with Gasteiger partial charge in [0.25, 0.3) is 0 Å². The number of carbonyl (C=O) groups is 1. The van der Waals surface area contributed by atoms with E-state index in [1.54, 1.807) is 13.0 Å². The number of amides is 1. The summed E-state index contributed by atoms with van der Waals surface area (Å²) in [6.45, 7) is 2.35. The molecule has 0 radical (unpaired) electrons. The number of carbonyl (C=O) groups excluding carboxylic acids is 1. The van der Waals surface area contributed by atoms with Crippen molar-refractivity contribution < 1.29 is 9.18 Å². The summed E-state index contributed by atoms with van der Waals surface area (Å²) in [6, 6.07) is 6.45. The number of allylic oxidation sites excluding steroid dienone is 2. The molecule has 2 heterocycles. The van der Waals surface area contributed by atoms with Crippen LogP contribution >= 0.6 is 11.6 Å². The fourth-order valence-corrected chi connectivity index (χ4v) is 3.12. The molecule has 0 aliphatic carbocycles. The Morgan fingerprint density at radius 2 is 2.23 bits per heavy atom. The molecule has 0 bridgehead atoms. The average Bonchev–Trinajstić information content (AvgIpc) is 2.49. The molecule has 112 valence electrons. The molecule has 0 fully saturated rings. The van der Waals surface area contributed by atoms with Gasteiger partial charge in [0.2, 0.25) is 5.91 Å². The molecule has 0 saturated heterocycles. The van der Waals surface area contributed by atoms with Gasteiger partial charge in [-0.1, -0.05) is 17.7 Å². The Hall–Kier alpha value is -2.32. The lowest BCUT2D eigenvalue weighted by Gasteiger charge is -2.33. The lowest BCUT2D eigenvalue weighted by Crippen LogP contribution is -2.40. The van der Waals surface area contributed by atoms with E-state index in [0.29, 0.717) is 35.4 Å². The molecule has 4 nitrogen and oxygen atoms in total. The highest BCUT2D eigenvalue weighted by Gasteiger charge is 2.36. The van der Waals surface area contributed by atoms with Gasteiger partial charge in [-0.25, -0.2) is 4.39 Å². The Morgan fingerprint density at radius 3 is 2.91 bits per heavy atom. The molecule has 22 heavy (non-hydrogen) atoms. The maximum absolute atomic E-state index is 13.4. The van der Waals surface area contributed by atoms with Crippen LogP contribution in [0.2, 0.25) is 5.02 Å². The van der Waals surface area contributed by atoms with E-state index in [1.807, 2.05) is 0 Å². The lowest BCUT2D eigenvalue weighted by atomic mass is 9.79. The number of benzene rings is 1. The quantitative estimate of drug-likeness (QED) is 0.837. The van der Waals surface area contributed by atoms with Crippen molar-refractivity contribution in [2.24, 2.45) is 0 Å².